The maximum absolute atomic E-state index is 11.6. The number of benzene rings is 1. The molecule has 2 atom stereocenters. The average Bonchev–Trinajstić information content (AvgIpc) is 2.98. The van der Waals surface area contributed by atoms with Gasteiger partial charge in [-0.1, -0.05) is 18.2 Å². The molecule has 0 aliphatic rings. The van der Waals surface area contributed by atoms with E-state index in [0.29, 0.717) is 5.56 Å². The zero-order chi connectivity index (χ0) is 13.7. The van der Waals surface area contributed by atoms with E-state index in [1.54, 1.807) is 36.4 Å². The molecule has 0 saturated carbocycles. The third-order valence-corrected chi connectivity index (χ3v) is 2.59. The standard InChI is InChI=1S/C14H14O5/c15-11(13(16)12-7-4-8-18-12)9-19-14(17)10-5-2-1-3-6-10/h1-8,11,13,15-16H,9H2/t11-,13+/m1/s1. The van der Waals surface area contributed by atoms with Crippen LogP contribution in [0.25, 0.3) is 0 Å². The zero-order valence-corrected chi connectivity index (χ0v) is 10.1. The van der Waals surface area contributed by atoms with Gasteiger partial charge in [-0.25, -0.2) is 4.79 Å². The predicted molar refractivity (Wildman–Crippen MR) is 66.4 cm³/mol. The van der Waals surface area contributed by atoms with Crippen molar-refractivity contribution in [2.75, 3.05) is 6.61 Å². The van der Waals surface area contributed by atoms with E-state index in [1.165, 1.54) is 12.3 Å². The molecule has 2 aromatic rings. The van der Waals surface area contributed by atoms with Crippen LogP contribution in [0, 0.1) is 0 Å². The lowest BCUT2D eigenvalue weighted by molar-refractivity contribution is -0.0360. The maximum Gasteiger partial charge on any atom is 0.338 e. The van der Waals surface area contributed by atoms with E-state index in [9.17, 15) is 15.0 Å². The van der Waals surface area contributed by atoms with Crippen molar-refractivity contribution in [1.29, 1.82) is 0 Å². The highest BCUT2D eigenvalue weighted by atomic mass is 16.5. The number of hydrogen-bond acceptors (Lipinski definition) is 5. The summed E-state index contributed by atoms with van der Waals surface area (Å²) in [6, 6.07) is 11.6. The van der Waals surface area contributed by atoms with Crippen LogP contribution >= 0.6 is 0 Å². The maximum atomic E-state index is 11.6. The molecule has 1 aromatic heterocycles. The highest BCUT2D eigenvalue weighted by Gasteiger charge is 2.22. The molecule has 0 aliphatic carbocycles. The quantitative estimate of drug-likeness (QED) is 0.799. The lowest BCUT2D eigenvalue weighted by Crippen LogP contribution is -2.25. The molecule has 0 fully saturated rings. The molecule has 0 saturated heterocycles. The summed E-state index contributed by atoms with van der Waals surface area (Å²) in [6.45, 7) is -0.310. The van der Waals surface area contributed by atoms with Crippen LogP contribution in [0.15, 0.2) is 53.1 Å². The molecular formula is C14H14O5. The molecule has 0 aliphatic heterocycles. The molecule has 0 spiro atoms. The van der Waals surface area contributed by atoms with Gasteiger partial charge in [0.2, 0.25) is 0 Å². The number of furan rings is 1. The molecule has 2 N–H and O–H groups in total. The third kappa shape index (κ3) is 3.43. The van der Waals surface area contributed by atoms with Gasteiger partial charge in [0, 0.05) is 0 Å². The van der Waals surface area contributed by atoms with E-state index in [0.717, 1.165) is 0 Å². The molecule has 0 radical (unpaired) electrons. The summed E-state index contributed by atoms with van der Waals surface area (Å²) >= 11 is 0. The van der Waals surface area contributed by atoms with E-state index >= 15 is 0 Å². The fourth-order valence-corrected chi connectivity index (χ4v) is 1.56. The van der Waals surface area contributed by atoms with Crippen LogP contribution in [0.2, 0.25) is 0 Å². The highest BCUT2D eigenvalue weighted by molar-refractivity contribution is 5.89. The van der Waals surface area contributed by atoms with Crippen LogP contribution in [0.4, 0.5) is 0 Å². The van der Waals surface area contributed by atoms with Crippen molar-refractivity contribution in [2.24, 2.45) is 0 Å². The highest BCUT2D eigenvalue weighted by Crippen LogP contribution is 2.17. The molecule has 100 valence electrons. The first-order valence-electron chi connectivity index (χ1n) is 5.80. The number of rotatable bonds is 5. The Morgan fingerprint density at radius 2 is 1.89 bits per heavy atom. The van der Waals surface area contributed by atoms with Crippen molar-refractivity contribution in [3.63, 3.8) is 0 Å². The smallest absolute Gasteiger partial charge is 0.338 e. The second kappa shape index (κ2) is 6.17. The Hall–Kier alpha value is -2.11. The molecule has 1 aromatic carbocycles. The van der Waals surface area contributed by atoms with Crippen LogP contribution in [0.3, 0.4) is 0 Å². The molecule has 1 heterocycles. The molecule has 5 heteroatoms. The van der Waals surface area contributed by atoms with Gasteiger partial charge < -0.3 is 19.4 Å². The van der Waals surface area contributed by atoms with Crippen molar-refractivity contribution in [2.45, 2.75) is 12.2 Å². The number of hydrogen-bond donors (Lipinski definition) is 2. The summed E-state index contributed by atoms with van der Waals surface area (Å²) in [5.74, 6) is -0.324. The minimum atomic E-state index is -1.24. The Morgan fingerprint density at radius 3 is 2.53 bits per heavy atom. The van der Waals surface area contributed by atoms with Crippen LogP contribution in [0.5, 0.6) is 0 Å². The number of esters is 1. The SMILES string of the molecule is O=C(OC[C@@H](O)[C@H](O)c1ccco1)c1ccccc1. The number of carbonyl (C=O) groups is 1. The average molecular weight is 262 g/mol. The summed E-state index contributed by atoms with van der Waals surface area (Å²) < 4.78 is 9.88. The van der Waals surface area contributed by atoms with E-state index in [2.05, 4.69) is 0 Å². The number of aliphatic hydroxyl groups is 2. The molecule has 19 heavy (non-hydrogen) atoms. The van der Waals surface area contributed by atoms with Gasteiger partial charge in [-0.15, -0.1) is 0 Å². The van der Waals surface area contributed by atoms with E-state index < -0.39 is 18.2 Å². The molecule has 0 bridgehead atoms. The molecular weight excluding hydrogens is 248 g/mol. The first kappa shape index (κ1) is 13.3. The van der Waals surface area contributed by atoms with Gasteiger partial charge >= 0.3 is 5.97 Å². The predicted octanol–water partition coefficient (Wildman–Crippen LogP) is 1.53. The van der Waals surface area contributed by atoms with Gasteiger partial charge in [0.05, 0.1) is 11.8 Å². The summed E-state index contributed by atoms with van der Waals surface area (Å²) in [5, 5.41) is 19.4. The van der Waals surface area contributed by atoms with Gasteiger partial charge in [0.15, 0.2) is 0 Å². The van der Waals surface area contributed by atoms with Gasteiger partial charge in [-0.3, -0.25) is 0 Å². The first-order chi connectivity index (χ1) is 9.18. The lowest BCUT2D eigenvalue weighted by atomic mass is 10.1. The van der Waals surface area contributed by atoms with E-state index in [-0.39, 0.29) is 12.4 Å². The Bertz CT molecular complexity index is 506. The second-order valence-electron chi connectivity index (χ2n) is 3.99. The van der Waals surface area contributed by atoms with Crippen molar-refractivity contribution in [3.8, 4) is 0 Å². The molecule has 5 nitrogen and oxygen atoms in total. The minimum Gasteiger partial charge on any atom is -0.466 e. The van der Waals surface area contributed by atoms with Crippen LogP contribution in [-0.4, -0.2) is 28.9 Å². The first-order valence-corrected chi connectivity index (χ1v) is 5.80. The Balaban J connectivity index is 1.87. The van der Waals surface area contributed by atoms with E-state index in [4.69, 9.17) is 9.15 Å². The molecule has 0 amide bonds. The van der Waals surface area contributed by atoms with Gasteiger partial charge in [-0.05, 0) is 24.3 Å². The Labute approximate surface area is 110 Å². The summed E-state index contributed by atoms with van der Waals surface area (Å²) in [4.78, 5) is 11.6. The number of ether oxygens (including phenoxy) is 1. The van der Waals surface area contributed by atoms with Crippen molar-refractivity contribution in [3.05, 3.63) is 60.1 Å². The second-order valence-corrected chi connectivity index (χ2v) is 3.99. The van der Waals surface area contributed by atoms with Crippen molar-refractivity contribution < 1.29 is 24.2 Å². The molecule has 2 rings (SSSR count). The molecule has 0 unspecified atom stereocenters. The van der Waals surface area contributed by atoms with Crippen LogP contribution in [0.1, 0.15) is 22.2 Å². The lowest BCUT2D eigenvalue weighted by Gasteiger charge is -2.15. The summed E-state index contributed by atoms with van der Waals surface area (Å²) in [5.41, 5.74) is 0.391. The topological polar surface area (TPSA) is 79.9 Å². The zero-order valence-electron chi connectivity index (χ0n) is 10.1. The number of carbonyl (C=O) groups excluding carboxylic acids is 1. The largest absolute Gasteiger partial charge is 0.466 e. The van der Waals surface area contributed by atoms with Crippen LogP contribution in [-0.2, 0) is 4.74 Å². The van der Waals surface area contributed by atoms with Gasteiger partial charge in [-0.2, -0.15) is 0 Å². The normalized spacial score (nSPS) is 13.8. The van der Waals surface area contributed by atoms with Crippen LogP contribution < -0.4 is 0 Å². The van der Waals surface area contributed by atoms with Gasteiger partial charge in [0.1, 0.15) is 24.6 Å². The van der Waals surface area contributed by atoms with E-state index in [1.807, 2.05) is 0 Å². The number of aliphatic hydroxyl groups excluding tert-OH is 2. The summed E-state index contributed by atoms with van der Waals surface area (Å²) in [6.07, 6.45) is -1.07. The fourth-order valence-electron chi connectivity index (χ4n) is 1.56. The fraction of sp³-hybridized carbons (Fsp3) is 0.214. The van der Waals surface area contributed by atoms with Crippen molar-refractivity contribution >= 4 is 5.97 Å². The van der Waals surface area contributed by atoms with Crippen molar-refractivity contribution in [1.82, 2.24) is 0 Å². The Kier molecular flexibility index (Phi) is 4.33. The monoisotopic (exact) mass is 262 g/mol. The third-order valence-electron chi connectivity index (χ3n) is 2.59. The summed E-state index contributed by atoms with van der Waals surface area (Å²) in [7, 11) is 0. The minimum absolute atomic E-state index is 0.225. The Morgan fingerprint density at radius 1 is 1.16 bits per heavy atom. The van der Waals surface area contributed by atoms with Gasteiger partial charge in [0.25, 0.3) is 0 Å².